The second-order valence-electron chi connectivity index (χ2n) is 4.22. The van der Waals surface area contributed by atoms with Gasteiger partial charge in [-0.25, -0.2) is 0 Å². The molecule has 16 heavy (non-hydrogen) atoms. The average Bonchev–Trinajstić information content (AvgIpc) is 2.65. The van der Waals surface area contributed by atoms with Gasteiger partial charge >= 0.3 is 0 Å². The molecule has 1 N–H and O–H groups in total. The van der Waals surface area contributed by atoms with Crippen LogP contribution in [0.15, 0.2) is 30.3 Å². The highest BCUT2D eigenvalue weighted by atomic mass is 35.5. The van der Waals surface area contributed by atoms with E-state index in [4.69, 9.17) is 11.6 Å². The molecular weight excluding hydrogens is 220 g/mol. The van der Waals surface area contributed by atoms with Crippen molar-refractivity contribution in [2.45, 2.75) is 13.3 Å². The molecule has 0 unspecified atom stereocenters. The Morgan fingerprint density at radius 3 is 2.75 bits per heavy atom. The van der Waals surface area contributed by atoms with Crippen molar-refractivity contribution in [2.75, 3.05) is 0 Å². The van der Waals surface area contributed by atoms with Gasteiger partial charge in [0.2, 0.25) is 0 Å². The summed E-state index contributed by atoms with van der Waals surface area (Å²) < 4.78 is 0. The Hall–Kier alpha value is -1.47. The van der Waals surface area contributed by atoms with Gasteiger partial charge < -0.3 is 5.11 Å². The predicted octanol–water partition coefficient (Wildman–Crippen LogP) is 3.93. The van der Waals surface area contributed by atoms with E-state index < -0.39 is 0 Å². The Labute approximate surface area is 99.3 Å². The van der Waals surface area contributed by atoms with Gasteiger partial charge in [-0.05, 0) is 35.2 Å². The molecule has 0 spiro atoms. The second kappa shape index (κ2) is 3.26. The molecule has 1 nitrogen and oxygen atoms in total. The van der Waals surface area contributed by atoms with Crippen molar-refractivity contribution in [3.63, 3.8) is 0 Å². The highest BCUT2D eigenvalue weighted by Crippen LogP contribution is 2.44. The summed E-state index contributed by atoms with van der Waals surface area (Å²) in [5.41, 5.74) is 5.48. The van der Waals surface area contributed by atoms with Crippen LogP contribution in [-0.2, 0) is 6.42 Å². The molecule has 2 heteroatoms. The summed E-state index contributed by atoms with van der Waals surface area (Å²) in [5.74, 6) is 0.243. The van der Waals surface area contributed by atoms with Gasteiger partial charge in [0.05, 0.1) is 5.02 Å². The van der Waals surface area contributed by atoms with Crippen LogP contribution in [-0.4, -0.2) is 5.11 Å². The Morgan fingerprint density at radius 1 is 1.19 bits per heavy atom. The molecule has 0 atom stereocenters. The van der Waals surface area contributed by atoms with Crippen molar-refractivity contribution >= 4 is 11.6 Å². The van der Waals surface area contributed by atoms with Crippen LogP contribution < -0.4 is 0 Å². The molecule has 0 bridgehead atoms. The molecule has 0 aromatic heterocycles. The summed E-state index contributed by atoms with van der Waals surface area (Å²) in [4.78, 5) is 0. The number of benzene rings is 2. The van der Waals surface area contributed by atoms with Gasteiger partial charge in [-0.3, -0.25) is 0 Å². The molecule has 0 radical (unpaired) electrons. The van der Waals surface area contributed by atoms with Crippen molar-refractivity contribution in [2.24, 2.45) is 0 Å². The number of phenolic OH excluding ortho intramolecular Hbond substituents is 1. The molecule has 1 aliphatic rings. The number of fused-ring (bicyclic) bond motifs is 3. The van der Waals surface area contributed by atoms with Crippen molar-refractivity contribution in [3.8, 4) is 16.9 Å². The molecule has 0 saturated carbocycles. The van der Waals surface area contributed by atoms with Crippen LogP contribution in [0.5, 0.6) is 5.75 Å². The summed E-state index contributed by atoms with van der Waals surface area (Å²) in [7, 11) is 0. The monoisotopic (exact) mass is 230 g/mol. The molecule has 80 valence electrons. The van der Waals surface area contributed by atoms with E-state index in [0.29, 0.717) is 5.02 Å². The maximum atomic E-state index is 10.0. The second-order valence-corrected chi connectivity index (χ2v) is 4.59. The lowest BCUT2D eigenvalue weighted by atomic mass is 10.0. The van der Waals surface area contributed by atoms with Gasteiger partial charge in [0.25, 0.3) is 0 Å². The van der Waals surface area contributed by atoms with Gasteiger partial charge in [0, 0.05) is 12.0 Å². The topological polar surface area (TPSA) is 20.2 Å². The third kappa shape index (κ3) is 1.18. The first-order chi connectivity index (χ1) is 7.68. The van der Waals surface area contributed by atoms with E-state index in [1.807, 2.05) is 19.1 Å². The molecule has 0 fully saturated rings. The van der Waals surface area contributed by atoms with Crippen LogP contribution in [0.25, 0.3) is 11.1 Å². The maximum Gasteiger partial charge on any atom is 0.138 e. The summed E-state index contributed by atoms with van der Waals surface area (Å²) in [6.07, 6.45) is 0.775. The van der Waals surface area contributed by atoms with Crippen LogP contribution in [0.4, 0.5) is 0 Å². The van der Waals surface area contributed by atoms with Gasteiger partial charge in [0.1, 0.15) is 5.75 Å². The standard InChI is InChI=1S/C14H11ClO/c1-8-6-11-10-5-3-2-4-9(10)7-12(11)14(16)13(8)15/h2-6,16H,7H2,1H3. The first-order valence-corrected chi connectivity index (χ1v) is 5.65. The minimum absolute atomic E-state index is 0.243. The van der Waals surface area contributed by atoms with Crippen LogP contribution in [0.3, 0.4) is 0 Å². The minimum atomic E-state index is 0.243. The third-order valence-corrected chi connectivity index (χ3v) is 3.68. The van der Waals surface area contributed by atoms with Crippen LogP contribution in [0.1, 0.15) is 16.7 Å². The fourth-order valence-corrected chi connectivity index (χ4v) is 2.53. The van der Waals surface area contributed by atoms with E-state index in [1.165, 1.54) is 11.1 Å². The molecular formula is C14H11ClO. The Morgan fingerprint density at radius 2 is 1.94 bits per heavy atom. The number of hydrogen-bond donors (Lipinski definition) is 1. The minimum Gasteiger partial charge on any atom is -0.506 e. The van der Waals surface area contributed by atoms with Gasteiger partial charge in [-0.15, -0.1) is 0 Å². The highest BCUT2D eigenvalue weighted by Gasteiger charge is 2.23. The quantitative estimate of drug-likeness (QED) is 0.621. The van der Waals surface area contributed by atoms with Crippen molar-refractivity contribution in [3.05, 3.63) is 52.0 Å². The summed E-state index contributed by atoms with van der Waals surface area (Å²) >= 11 is 6.05. The van der Waals surface area contributed by atoms with Crippen molar-refractivity contribution in [1.29, 1.82) is 0 Å². The van der Waals surface area contributed by atoms with Crippen molar-refractivity contribution in [1.82, 2.24) is 0 Å². The zero-order chi connectivity index (χ0) is 11.3. The molecule has 2 aromatic rings. The number of aryl methyl sites for hydroxylation is 1. The Kier molecular flexibility index (Phi) is 1.98. The smallest absolute Gasteiger partial charge is 0.138 e. The predicted molar refractivity (Wildman–Crippen MR) is 66.1 cm³/mol. The molecule has 2 aromatic carbocycles. The third-order valence-electron chi connectivity index (χ3n) is 3.20. The van der Waals surface area contributed by atoms with E-state index in [0.717, 1.165) is 23.1 Å². The van der Waals surface area contributed by atoms with E-state index in [9.17, 15) is 5.11 Å². The van der Waals surface area contributed by atoms with Gasteiger partial charge in [-0.1, -0.05) is 35.9 Å². The lowest BCUT2D eigenvalue weighted by Crippen LogP contribution is -1.86. The molecule has 0 aliphatic heterocycles. The molecule has 0 saturated heterocycles. The SMILES string of the molecule is Cc1cc2c(c(O)c1Cl)Cc1ccccc1-2. The average molecular weight is 231 g/mol. The van der Waals surface area contributed by atoms with E-state index in [2.05, 4.69) is 18.2 Å². The Balaban J connectivity index is 2.34. The summed E-state index contributed by atoms with van der Waals surface area (Å²) in [5, 5.41) is 10.5. The van der Waals surface area contributed by atoms with Crippen molar-refractivity contribution < 1.29 is 5.11 Å². The van der Waals surface area contributed by atoms with Crippen LogP contribution in [0, 0.1) is 6.92 Å². The van der Waals surface area contributed by atoms with Crippen LogP contribution in [0.2, 0.25) is 5.02 Å². The number of rotatable bonds is 0. The molecule has 3 rings (SSSR count). The number of aromatic hydroxyl groups is 1. The summed E-state index contributed by atoms with van der Waals surface area (Å²) in [6.45, 7) is 1.92. The zero-order valence-corrected chi connectivity index (χ0v) is 9.67. The van der Waals surface area contributed by atoms with Gasteiger partial charge in [0.15, 0.2) is 0 Å². The fourth-order valence-electron chi connectivity index (χ4n) is 2.36. The largest absolute Gasteiger partial charge is 0.506 e. The number of hydrogen-bond acceptors (Lipinski definition) is 1. The molecule has 0 heterocycles. The van der Waals surface area contributed by atoms with Gasteiger partial charge in [-0.2, -0.15) is 0 Å². The number of halogens is 1. The normalized spacial score (nSPS) is 12.4. The lowest BCUT2D eigenvalue weighted by Gasteiger charge is -2.08. The van der Waals surface area contributed by atoms with E-state index >= 15 is 0 Å². The first-order valence-electron chi connectivity index (χ1n) is 5.27. The molecule has 1 aliphatic carbocycles. The lowest BCUT2D eigenvalue weighted by molar-refractivity contribution is 0.470. The first kappa shape index (κ1) is 9.73. The fraction of sp³-hybridized carbons (Fsp3) is 0.143. The zero-order valence-electron chi connectivity index (χ0n) is 8.92. The van der Waals surface area contributed by atoms with E-state index in [-0.39, 0.29) is 5.75 Å². The maximum absolute atomic E-state index is 10.0. The Bertz CT molecular complexity index is 588. The van der Waals surface area contributed by atoms with E-state index in [1.54, 1.807) is 0 Å². The highest BCUT2D eigenvalue weighted by molar-refractivity contribution is 6.33. The summed E-state index contributed by atoms with van der Waals surface area (Å²) in [6, 6.07) is 10.3. The van der Waals surface area contributed by atoms with Crippen LogP contribution >= 0.6 is 11.6 Å². The number of phenols is 1. The molecule has 0 amide bonds.